The van der Waals surface area contributed by atoms with Gasteiger partial charge in [-0.3, -0.25) is 4.74 Å². The average Bonchev–Trinajstić information content (AvgIpc) is 2.53. The molecule has 0 aliphatic carbocycles. The smallest absolute Gasteiger partial charge is 0.209 e. The Morgan fingerprint density at radius 1 is 0.636 bits per heavy atom. The Hall–Kier alpha value is -0.0100. The fourth-order valence-corrected chi connectivity index (χ4v) is 2.54. The van der Waals surface area contributed by atoms with Crippen molar-refractivity contribution in [3.63, 3.8) is 0 Å². The molecule has 22 heavy (non-hydrogen) atoms. The summed E-state index contributed by atoms with van der Waals surface area (Å²) < 4.78 is 36.8. The monoisotopic (exact) mass is 341 g/mol. The van der Waals surface area contributed by atoms with E-state index in [-0.39, 0.29) is 0 Å². The Kier molecular flexibility index (Phi) is 15.9. The Morgan fingerprint density at radius 2 is 1.00 bits per heavy atom. The average molecular weight is 341 g/mol. The van der Waals surface area contributed by atoms with Gasteiger partial charge in [0.25, 0.3) is 0 Å². The van der Waals surface area contributed by atoms with Gasteiger partial charge in [-0.1, -0.05) is 0 Å². The molecular weight excluding hydrogens is 309 g/mol. The summed E-state index contributed by atoms with van der Waals surface area (Å²) in [7, 11) is -0.462. The van der Waals surface area contributed by atoms with Gasteiger partial charge in [-0.15, -0.1) is 0 Å². The van der Waals surface area contributed by atoms with E-state index in [1.807, 2.05) is 20.5 Å². The van der Waals surface area contributed by atoms with Crippen molar-refractivity contribution in [3.8, 4) is 0 Å². The molecule has 0 rings (SSSR count). The molecule has 0 atom stereocenters. The topological polar surface area (TPSA) is 67.7 Å². The fourth-order valence-electron chi connectivity index (χ4n) is 1.41. The molecule has 0 unspecified atom stereocenters. The van der Waals surface area contributed by atoms with Crippen LogP contribution in [0.15, 0.2) is 4.74 Å². The first kappa shape index (κ1) is 22.0. The molecule has 0 aliphatic heterocycles. The van der Waals surface area contributed by atoms with E-state index in [9.17, 15) is 0 Å². The van der Waals surface area contributed by atoms with E-state index in [0.717, 1.165) is 0 Å². The van der Waals surface area contributed by atoms with Crippen LogP contribution in [0.4, 0.5) is 0 Å². The highest BCUT2D eigenvalue weighted by Crippen LogP contribution is 2.47. The van der Waals surface area contributed by atoms with Crippen LogP contribution in [0.5, 0.6) is 0 Å². The van der Waals surface area contributed by atoms with Gasteiger partial charge < -0.3 is 28.0 Å². The lowest BCUT2D eigenvalue weighted by atomic mass is 10.7. The molecule has 7 nitrogen and oxygen atoms in total. The quantitative estimate of drug-likeness (QED) is 0.317. The van der Waals surface area contributed by atoms with Crippen molar-refractivity contribution in [1.29, 1.82) is 0 Å². The molecule has 0 aromatic heterocycles. The minimum Gasteiger partial charge on any atom is -0.379 e. The summed E-state index contributed by atoms with van der Waals surface area (Å²) in [6, 6.07) is 0. The van der Waals surface area contributed by atoms with Crippen LogP contribution in [0, 0.1) is 0 Å². The van der Waals surface area contributed by atoms with Gasteiger partial charge in [0.2, 0.25) is 7.51 Å². The van der Waals surface area contributed by atoms with Crippen molar-refractivity contribution in [2.24, 2.45) is 4.74 Å². The molecule has 0 radical (unpaired) electrons. The third kappa shape index (κ3) is 13.6. The highest BCUT2D eigenvalue weighted by molar-refractivity contribution is 7.55. The molecule has 0 spiro atoms. The minimum atomic E-state index is -2.17. The maximum absolute atomic E-state index is 5.71. The molecule has 8 heteroatoms. The van der Waals surface area contributed by atoms with Gasteiger partial charge in [0.1, 0.15) is 0 Å². The summed E-state index contributed by atoms with van der Waals surface area (Å²) in [5.41, 5.74) is 0. The molecule has 0 saturated carbocycles. The summed E-state index contributed by atoms with van der Waals surface area (Å²) in [6.45, 7) is 11.5. The van der Waals surface area contributed by atoms with Crippen LogP contribution < -0.4 is 0 Å². The zero-order valence-electron chi connectivity index (χ0n) is 14.4. The number of hydrogen-bond donors (Lipinski definition) is 0. The van der Waals surface area contributed by atoms with Crippen LogP contribution in [0.2, 0.25) is 0 Å². The Balaban J connectivity index is 3.59. The van der Waals surface area contributed by atoms with Crippen molar-refractivity contribution in [1.82, 2.24) is 0 Å². The molecular formula is C14H32NO6P. The highest BCUT2D eigenvalue weighted by atomic mass is 31.2. The van der Waals surface area contributed by atoms with E-state index < -0.39 is 7.51 Å². The van der Waals surface area contributed by atoms with Gasteiger partial charge in [-0.2, -0.15) is 0 Å². The van der Waals surface area contributed by atoms with Crippen molar-refractivity contribution in [2.75, 3.05) is 79.8 Å². The number of nitrogens with zero attached hydrogens (tertiary/aromatic N) is 1. The summed E-state index contributed by atoms with van der Waals surface area (Å²) >= 11 is 0. The molecule has 0 aliphatic rings. The molecule has 134 valence electrons. The first-order valence-electron chi connectivity index (χ1n) is 7.76. The van der Waals surface area contributed by atoms with Crippen LogP contribution in [-0.2, 0) is 28.0 Å². The lowest BCUT2D eigenvalue weighted by molar-refractivity contribution is 0.0328. The first-order chi connectivity index (χ1) is 10.7. The van der Waals surface area contributed by atoms with E-state index in [0.29, 0.717) is 66.1 Å². The van der Waals surface area contributed by atoms with Crippen LogP contribution in [0.25, 0.3) is 0 Å². The lowest BCUT2D eigenvalue weighted by Crippen LogP contribution is -2.11. The van der Waals surface area contributed by atoms with E-state index in [2.05, 4.69) is 4.74 Å². The maximum Gasteiger partial charge on any atom is 0.209 e. The van der Waals surface area contributed by atoms with Crippen molar-refractivity contribution >= 4 is 7.51 Å². The standard InChI is InChI=1S/C14H32NO6P/c1-5-16-7-9-18-11-13-20-22(4,15-3)21-14-12-19-10-8-17-6-2/h5-14H2,1-4H3. The zero-order valence-corrected chi connectivity index (χ0v) is 15.3. The summed E-state index contributed by atoms with van der Waals surface area (Å²) in [4.78, 5) is 0. The minimum absolute atomic E-state index is 0.457. The predicted molar refractivity (Wildman–Crippen MR) is 87.7 cm³/mol. The first-order valence-corrected chi connectivity index (χ1v) is 9.79. The Bertz CT molecular complexity index is 269. The van der Waals surface area contributed by atoms with Gasteiger partial charge in [0.15, 0.2) is 0 Å². The van der Waals surface area contributed by atoms with Gasteiger partial charge in [-0.05, 0) is 13.8 Å². The van der Waals surface area contributed by atoms with E-state index in [4.69, 9.17) is 28.0 Å². The van der Waals surface area contributed by atoms with Crippen LogP contribution in [0.3, 0.4) is 0 Å². The molecule has 0 heterocycles. The van der Waals surface area contributed by atoms with Crippen LogP contribution in [-0.4, -0.2) is 79.8 Å². The Morgan fingerprint density at radius 3 is 1.36 bits per heavy atom. The van der Waals surface area contributed by atoms with E-state index in [1.165, 1.54) is 0 Å². The second-order valence-electron chi connectivity index (χ2n) is 4.29. The van der Waals surface area contributed by atoms with Crippen molar-refractivity contribution < 1.29 is 28.0 Å². The zero-order chi connectivity index (χ0) is 16.5. The summed E-state index contributed by atoms with van der Waals surface area (Å²) in [5, 5.41) is 0. The molecule has 0 saturated heterocycles. The second-order valence-corrected chi connectivity index (χ2v) is 6.81. The molecule has 0 aromatic carbocycles. The van der Waals surface area contributed by atoms with Crippen molar-refractivity contribution in [3.05, 3.63) is 0 Å². The fraction of sp³-hybridized carbons (Fsp3) is 1.00. The third-order valence-corrected chi connectivity index (χ3v) is 4.68. The summed E-state index contributed by atoms with van der Waals surface area (Å²) in [6.07, 6.45) is 0. The highest BCUT2D eigenvalue weighted by Gasteiger charge is 2.13. The SMILES string of the molecule is CCOCCOCCOP(C)(=NC)OCCOCCOCC. The number of rotatable bonds is 16. The maximum atomic E-state index is 5.71. The number of hydrogen-bond acceptors (Lipinski definition) is 7. The van der Waals surface area contributed by atoms with Crippen LogP contribution in [0.1, 0.15) is 13.8 Å². The van der Waals surface area contributed by atoms with Gasteiger partial charge in [0.05, 0.1) is 52.9 Å². The Labute approximate surface area is 134 Å². The normalized spacial score (nSPS) is 11.8. The van der Waals surface area contributed by atoms with E-state index >= 15 is 0 Å². The second kappa shape index (κ2) is 15.9. The van der Waals surface area contributed by atoms with Crippen molar-refractivity contribution in [2.45, 2.75) is 13.8 Å². The van der Waals surface area contributed by atoms with E-state index in [1.54, 1.807) is 7.05 Å². The van der Waals surface area contributed by atoms with Crippen LogP contribution >= 0.6 is 7.51 Å². The van der Waals surface area contributed by atoms with Gasteiger partial charge in [-0.25, -0.2) is 0 Å². The molecule has 0 N–H and O–H groups in total. The molecule has 0 bridgehead atoms. The lowest BCUT2D eigenvalue weighted by Gasteiger charge is -2.19. The largest absolute Gasteiger partial charge is 0.379 e. The predicted octanol–water partition coefficient (Wildman–Crippen LogP) is 2.42. The molecule has 0 amide bonds. The third-order valence-electron chi connectivity index (χ3n) is 2.63. The van der Waals surface area contributed by atoms with Gasteiger partial charge in [0, 0.05) is 26.9 Å². The molecule has 0 fully saturated rings. The number of ether oxygens (including phenoxy) is 4. The molecule has 0 aromatic rings. The van der Waals surface area contributed by atoms with Gasteiger partial charge >= 0.3 is 0 Å². The summed E-state index contributed by atoms with van der Waals surface area (Å²) in [5.74, 6) is 0.